The van der Waals surface area contributed by atoms with Crippen LogP contribution >= 0.6 is 0 Å². The Hall–Kier alpha value is -1.85. The lowest BCUT2D eigenvalue weighted by atomic mass is 9.99. The molecule has 0 aliphatic carbocycles. The molecule has 0 bridgehead atoms. The van der Waals surface area contributed by atoms with Gasteiger partial charge in [-0.25, -0.2) is 0 Å². The van der Waals surface area contributed by atoms with E-state index < -0.39 is 49.5 Å². The van der Waals surface area contributed by atoms with Crippen molar-refractivity contribution >= 4 is 5.91 Å². The Morgan fingerprint density at radius 3 is 0.968 bits per heavy atom. The van der Waals surface area contributed by atoms with E-state index in [9.17, 15) is 30.3 Å². The Balaban J connectivity index is 2.04. The van der Waals surface area contributed by atoms with Gasteiger partial charge in [-0.1, -0.05) is 403 Å². The first-order valence-corrected chi connectivity index (χ1v) is 41.4. The SMILES string of the molecule is CCCCCCC/C=C\C/C=C\CCCCCCCCCCCCCCCCCCCCCCCCCCCCCCCC(=O)NC(COC1OC(CO)C(O)C(O)C1O)C(O)/C=C/CC/C=C/CCCCCCCCCCCCCCCCCCCCCCCCC. The molecule has 7 unspecified atom stereocenters. The van der Waals surface area contributed by atoms with Gasteiger partial charge in [0.1, 0.15) is 24.4 Å². The standard InChI is InChI=1S/C84H159NO8/c1-3-5-7-9-11-13-15-17-19-21-23-25-27-29-31-33-34-35-36-37-38-39-40-41-42-43-44-46-48-50-52-54-56-58-60-62-64-66-68-70-72-74-80(88)85-77(76-92-84-83(91)82(90)81(89)79(75-86)93-84)78(87)73-71-69-67-65-63-61-59-57-55-53-51-49-47-45-32-30-28-26-24-22-20-18-16-14-12-10-8-6-4-2/h15,17,21,23,63,65,71,73,77-79,81-84,86-87,89-91H,3-14,16,18-20,22,24-62,64,66-70,72,74-76H2,1-2H3,(H,85,88)/b17-15-,23-21-,65-63+,73-71+. The molecule has 0 saturated carbocycles. The summed E-state index contributed by atoms with van der Waals surface area (Å²) in [6.45, 7) is 3.82. The van der Waals surface area contributed by atoms with Crippen LogP contribution in [0.5, 0.6) is 0 Å². The van der Waals surface area contributed by atoms with E-state index in [2.05, 4.69) is 55.6 Å². The molecule has 1 aliphatic rings. The third-order valence-corrected chi connectivity index (χ3v) is 19.9. The molecule has 1 heterocycles. The number of amides is 1. The topological polar surface area (TPSA) is 149 Å². The van der Waals surface area contributed by atoms with Crippen LogP contribution in [0.3, 0.4) is 0 Å². The third-order valence-electron chi connectivity index (χ3n) is 19.9. The normalized spacial score (nSPS) is 17.8. The fourth-order valence-corrected chi connectivity index (χ4v) is 13.4. The summed E-state index contributed by atoms with van der Waals surface area (Å²) in [6.07, 6.45) is 94.3. The number of unbranched alkanes of at least 4 members (excludes halogenated alkanes) is 58. The highest BCUT2D eigenvalue weighted by Crippen LogP contribution is 2.24. The number of carbonyl (C=O) groups is 1. The maximum absolute atomic E-state index is 13.2. The Bertz CT molecular complexity index is 1620. The zero-order valence-corrected chi connectivity index (χ0v) is 61.8. The smallest absolute Gasteiger partial charge is 0.220 e. The zero-order chi connectivity index (χ0) is 67.1. The van der Waals surface area contributed by atoms with Crippen LogP contribution in [0.2, 0.25) is 0 Å². The molecule has 0 aromatic heterocycles. The number of aliphatic hydroxyl groups excluding tert-OH is 5. The summed E-state index contributed by atoms with van der Waals surface area (Å²) in [5, 5.41) is 54.9. The van der Waals surface area contributed by atoms with Gasteiger partial charge in [0.15, 0.2) is 6.29 Å². The summed E-state index contributed by atoms with van der Waals surface area (Å²) in [5.41, 5.74) is 0. The predicted molar refractivity (Wildman–Crippen MR) is 401 cm³/mol. The minimum Gasteiger partial charge on any atom is -0.394 e. The third kappa shape index (κ3) is 61.0. The molecule has 6 N–H and O–H groups in total. The average Bonchev–Trinajstić information content (AvgIpc) is 1.00. The van der Waals surface area contributed by atoms with Gasteiger partial charge in [0.25, 0.3) is 0 Å². The van der Waals surface area contributed by atoms with Crippen LogP contribution in [-0.2, 0) is 14.3 Å². The van der Waals surface area contributed by atoms with Gasteiger partial charge in [-0.05, 0) is 64.2 Å². The first kappa shape index (κ1) is 89.2. The maximum atomic E-state index is 13.2. The zero-order valence-electron chi connectivity index (χ0n) is 61.8. The number of hydrogen-bond acceptors (Lipinski definition) is 8. The fourth-order valence-electron chi connectivity index (χ4n) is 13.4. The second kappa shape index (κ2) is 72.9. The molecule has 1 rings (SSSR count). The first-order valence-electron chi connectivity index (χ1n) is 41.4. The van der Waals surface area contributed by atoms with E-state index in [0.717, 1.165) is 44.9 Å². The number of hydrogen-bond donors (Lipinski definition) is 6. The van der Waals surface area contributed by atoms with E-state index in [4.69, 9.17) is 9.47 Å². The average molecular weight is 1310 g/mol. The molecular weight excluding hydrogens is 1150 g/mol. The largest absolute Gasteiger partial charge is 0.394 e. The quantitative estimate of drug-likeness (QED) is 0.0261. The highest BCUT2D eigenvalue weighted by molar-refractivity contribution is 5.76. The molecule has 1 saturated heterocycles. The minimum absolute atomic E-state index is 0.177. The van der Waals surface area contributed by atoms with Crippen molar-refractivity contribution in [2.45, 2.75) is 468 Å². The van der Waals surface area contributed by atoms with Crippen molar-refractivity contribution in [3.63, 3.8) is 0 Å². The number of aliphatic hydroxyl groups is 5. The summed E-state index contributed by atoms with van der Waals surface area (Å²) in [6, 6.07) is -0.823. The summed E-state index contributed by atoms with van der Waals surface area (Å²) < 4.78 is 11.3. The molecule has 0 aromatic carbocycles. The van der Waals surface area contributed by atoms with E-state index >= 15 is 0 Å². The molecule has 1 aliphatic heterocycles. The van der Waals surface area contributed by atoms with Crippen LogP contribution < -0.4 is 5.32 Å². The van der Waals surface area contributed by atoms with Crippen molar-refractivity contribution in [3.05, 3.63) is 48.6 Å². The number of allylic oxidation sites excluding steroid dienone is 7. The number of nitrogens with one attached hydrogen (secondary N) is 1. The van der Waals surface area contributed by atoms with Crippen molar-refractivity contribution in [2.75, 3.05) is 13.2 Å². The van der Waals surface area contributed by atoms with Crippen LogP contribution in [0.15, 0.2) is 48.6 Å². The molecule has 0 spiro atoms. The lowest BCUT2D eigenvalue weighted by Crippen LogP contribution is -2.60. The van der Waals surface area contributed by atoms with Gasteiger partial charge in [-0.2, -0.15) is 0 Å². The Kier molecular flexibility index (Phi) is 69.9. The molecule has 9 heteroatoms. The monoisotopic (exact) mass is 1310 g/mol. The Morgan fingerprint density at radius 2 is 0.645 bits per heavy atom. The lowest BCUT2D eigenvalue weighted by molar-refractivity contribution is -0.302. The molecule has 1 fully saturated rings. The van der Waals surface area contributed by atoms with Gasteiger partial charge in [-0.15, -0.1) is 0 Å². The highest BCUT2D eigenvalue weighted by Gasteiger charge is 2.44. The molecule has 1 amide bonds. The van der Waals surface area contributed by atoms with E-state index in [1.807, 2.05) is 6.08 Å². The predicted octanol–water partition coefficient (Wildman–Crippen LogP) is 23.9. The van der Waals surface area contributed by atoms with Gasteiger partial charge in [0, 0.05) is 6.42 Å². The summed E-state index contributed by atoms with van der Waals surface area (Å²) in [5.74, 6) is -0.177. The van der Waals surface area contributed by atoms with E-state index in [1.165, 1.54) is 360 Å². The lowest BCUT2D eigenvalue weighted by Gasteiger charge is -2.40. The van der Waals surface area contributed by atoms with Gasteiger partial charge in [0.05, 0.1) is 25.4 Å². The summed E-state index contributed by atoms with van der Waals surface area (Å²) in [4.78, 5) is 13.2. The summed E-state index contributed by atoms with van der Waals surface area (Å²) in [7, 11) is 0. The summed E-state index contributed by atoms with van der Waals surface area (Å²) >= 11 is 0. The van der Waals surface area contributed by atoms with Gasteiger partial charge in [-0.3, -0.25) is 4.79 Å². The van der Waals surface area contributed by atoms with Crippen molar-refractivity contribution in [2.24, 2.45) is 0 Å². The Morgan fingerprint density at radius 1 is 0.366 bits per heavy atom. The van der Waals surface area contributed by atoms with Crippen molar-refractivity contribution in [1.29, 1.82) is 0 Å². The molecule has 0 radical (unpaired) electrons. The van der Waals surface area contributed by atoms with E-state index in [1.54, 1.807) is 6.08 Å². The molecule has 9 nitrogen and oxygen atoms in total. The maximum Gasteiger partial charge on any atom is 0.220 e. The highest BCUT2D eigenvalue weighted by atomic mass is 16.7. The van der Waals surface area contributed by atoms with Crippen LogP contribution in [0.1, 0.15) is 425 Å². The number of ether oxygens (including phenoxy) is 2. The second-order valence-corrected chi connectivity index (χ2v) is 28.9. The molecule has 548 valence electrons. The fraction of sp³-hybridized carbons (Fsp3) is 0.893. The van der Waals surface area contributed by atoms with E-state index in [0.29, 0.717) is 6.42 Å². The number of rotatable bonds is 74. The van der Waals surface area contributed by atoms with Crippen LogP contribution in [0.25, 0.3) is 0 Å². The van der Waals surface area contributed by atoms with Crippen LogP contribution in [0, 0.1) is 0 Å². The number of carbonyl (C=O) groups excluding carboxylic acids is 1. The van der Waals surface area contributed by atoms with Gasteiger partial charge < -0.3 is 40.3 Å². The minimum atomic E-state index is -1.57. The van der Waals surface area contributed by atoms with Crippen molar-refractivity contribution < 1.29 is 39.8 Å². The second-order valence-electron chi connectivity index (χ2n) is 28.9. The first-order chi connectivity index (χ1) is 45.8. The molecular formula is C84H159NO8. The molecule has 0 aromatic rings. The van der Waals surface area contributed by atoms with Crippen LogP contribution in [-0.4, -0.2) is 87.5 Å². The molecule has 93 heavy (non-hydrogen) atoms. The van der Waals surface area contributed by atoms with Crippen molar-refractivity contribution in [1.82, 2.24) is 5.32 Å². The molecule has 7 atom stereocenters. The Labute approximate surface area is 577 Å². The van der Waals surface area contributed by atoms with Crippen LogP contribution in [0.4, 0.5) is 0 Å². The van der Waals surface area contributed by atoms with E-state index in [-0.39, 0.29) is 12.5 Å². The van der Waals surface area contributed by atoms with Crippen molar-refractivity contribution in [3.8, 4) is 0 Å². The van der Waals surface area contributed by atoms with Gasteiger partial charge >= 0.3 is 0 Å². The van der Waals surface area contributed by atoms with Gasteiger partial charge in [0.2, 0.25) is 5.91 Å².